The van der Waals surface area contributed by atoms with E-state index in [1.807, 2.05) is 0 Å². The summed E-state index contributed by atoms with van der Waals surface area (Å²) in [5.74, 6) is -1.58. The van der Waals surface area contributed by atoms with Gasteiger partial charge in [-0.2, -0.15) is 0 Å². The molecule has 0 heterocycles. The van der Waals surface area contributed by atoms with Crippen molar-refractivity contribution >= 4 is 27.4 Å². The van der Waals surface area contributed by atoms with E-state index in [0.717, 1.165) is 0 Å². The summed E-state index contributed by atoms with van der Waals surface area (Å²) in [6, 6.07) is 0. The van der Waals surface area contributed by atoms with Crippen molar-refractivity contribution in [3.05, 3.63) is 0 Å². The first-order valence-electron chi connectivity index (χ1n) is 3.27. The largest absolute Gasteiger partial charge is 0.870 e. The maximum absolute atomic E-state index is 10.0. The molecule has 0 aromatic heterocycles. The van der Waals surface area contributed by atoms with E-state index in [-0.39, 0.29) is 33.7 Å². The molecule has 69 valence electrons. The van der Waals surface area contributed by atoms with E-state index in [1.165, 1.54) is 0 Å². The van der Waals surface area contributed by atoms with Crippen molar-refractivity contribution in [1.29, 1.82) is 0 Å². The first-order chi connectivity index (χ1) is 5.13. The maximum atomic E-state index is 10.0. The van der Waals surface area contributed by atoms with Crippen LogP contribution in [0, 0.1) is 0 Å². The molecule has 0 spiro atoms. The Morgan fingerprint density at radius 1 is 1.00 bits per heavy atom. The van der Waals surface area contributed by atoms with Gasteiger partial charge in [0.25, 0.3) is 0 Å². The molecule has 6 heteroatoms. The fraction of sp³-hybridized carbons (Fsp3) is 0.667. The molecule has 0 saturated carbocycles. The molecule has 0 bridgehead atoms. The molecule has 0 aliphatic heterocycles. The van der Waals surface area contributed by atoms with Crippen molar-refractivity contribution in [2.45, 2.75) is 23.3 Å². The third-order valence-electron chi connectivity index (χ3n) is 1.03. The number of hydrogen-bond donors (Lipinski definition) is 2. The average molecular weight is 236 g/mol. The zero-order valence-electron chi connectivity index (χ0n) is 6.49. The number of carboxylic acid groups (broad SMARTS) is 2. The second kappa shape index (κ2) is 8.54. The Morgan fingerprint density at radius 2 is 1.33 bits per heavy atom. The van der Waals surface area contributed by atoms with E-state index >= 15 is 0 Å². The van der Waals surface area contributed by atoms with Gasteiger partial charge in [-0.1, -0.05) is 0 Å². The molecular formula is C6H11GeO5. The van der Waals surface area contributed by atoms with Crippen molar-refractivity contribution in [3.63, 3.8) is 0 Å². The molecular weight excluding hydrogens is 225 g/mol. The van der Waals surface area contributed by atoms with E-state index in [4.69, 9.17) is 10.2 Å². The third kappa shape index (κ3) is 12.2. The van der Waals surface area contributed by atoms with Gasteiger partial charge in [-0.15, -0.1) is 0 Å². The average Bonchev–Trinajstić information content (AvgIpc) is 1.85. The number of hydrogen-bond acceptors (Lipinski definition) is 3. The van der Waals surface area contributed by atoms with Crippen LogP contribution < -0.4 is 0 Å². The van der Waals surface area contributed by atoms with Crippen molar-refractivity contribution in [3.8, 4) is 0 Å². The fourth-order valence-corrected chi connectivity index (χ4v) is 2.68. The van der Waals surface area contributed by atoms with Crippen molar-refractivity contribution < 1.29 is 25.3 Å². The van der Waals surface area contributed by atoms with Crippen LogP contribution in [0.5, 0.6) is 0 Å². The van der Waals surface area contributed by atoms with Crippen molar-refractivity contribution in [2.75, 3.05) is 0 Å². The number of carboxylic acids is 2. The molecule has 12 heavy (non-hydrogen) atoms. The monoisotopic (exact) mass is 237 g/mol. The summed E-state index contributed by atoms with van der Waals surface area (Å²) in [5, 5.41) is 17.8. The molecule has 0 aromatic rings. The summed E-state index contributed by atoms with van der Waals surface area (Å²) in [4.78, 5) is 20.0. The van der Waals surface area contributed by atoms with Gasteiger partial charge in [0.1, 0.15) is 0 Å². The molecule has 0 atom stereocenters. The topological polar surface area (TPSA) is 105 Å². The predicted molar refractivity (Wildman–Crippen MR) is 41.8 cm³/mol. The minimum atomic E-state index is -0.788. The van der Waals surface area contributed by atoms with Crippen molar-refractivity contribution in [1.82, 2.24) is 0 Å². The summed E-state index contributed by atoms with van der Waals surface area (Å²) in [7, 11) is 0. The quantitative estimate of drug-likeness (QED) is 0.509. The summed E-state index contributed by atoms with van der Waals surface area (Å²) in [6.45, 7) is 0. The van der Waals surface area contributed by atoms with E-state index in [1.54, 1.807) is 0 Å². The molecule has 0 fully saturated rings. The molecule has 0 unspecified atom stereocenters. The van der Waals surface area contributed by atoms with E-state index < -0.39 is 11.9 Å². The van der Waals surface area contributed by atoms with Gasteiger partial charge in [0.2, 0.25) is 0 Å². The maximum Gasteiger partial charge on any atom is -0.870 e. The Balaban J connectivity index is 0. The molecule has 1 radical (unpaired) electrons. The van der Waals surface area contributed by atoms with Crippen LogP contribution in [0.3, 0.4) is 0 Å². The van der Waals surface area contributed by atoms with Crippen LogP contribution in [-0.2, 0) is 9.59 Å². The van der Waals surface area contributed by atoms with Crippen LogP contribution in [-0.4, -0.2) is 43.1 Å². The SMILES string of the molecule is O=C(O)C[CH2][Ge+][CH2]CC(=O)O.[OH-]. The molecule has 3 N–H and O–H groups in total. The predicted octanol–water partition coefficient (Wildman–Crippen LogP) is 0.300. The Hall–Kier alpha value is -0.557. The minimum Gasteiger partial charge on any atom is -0.870 e. The summed E-state index contributed by atoms with van der Waals surface area (Å²) >= 11 is -0.324. The van der Waals surface area contributed by atoms with E-state index in [2.05, 4.69) is 0 Å². The van der Waals surface area contributed by atoms with Gasteiger partial charge in [-0.05, 0) is 0 Å². The van der Waals surface area contributed by atoms with Crippen LogP contribution in [0.1, 0.15) is 12.8 Å². The minimum absolute atomic E-state index is 0. The Morgan fingerprint density at radius 3 is 1.58 bits per heavy atom. The van der Waals surface area contributed by atoms with Gasteiger partial charge in [0.15, 0.2) is 0 Å². The second-order valence-corrected chi connectivity index (χ2v) is 5.18. The Labute approximate surface area is 76.6 Å². The van der Waals surface area contributed by atoms with Crippen molar-refractivity contribution in [2.24, 2.45) is 0 Å². The van der Waals surface area contributed by atoms with Gasteiger partial charge in [0, 0.05) is 0 Å². The summed E-state index contributed by atoms with van der Waals surface area (Å²) < 4.78 is 0. The van der Waals surface area contributed by atoms with Gasteiger partial charge < -0.3 is 5.48 Å². The third-order valence-corrected chi connectivity index (χ3v) is 3.56. The number of carbonyl (C=O) groups is 2. The Kier molecular flexibility index (Phi) is 9.96. The van der Waals surface area contributed by atoms with Gasteiger partial charge in [0.05, 0.1) is 0 Å². The Bertz CT molecular complexity index is 131. The fourth-order valence-electron chi connectivity index (χ4n) is 0.516. The van der Waals surface area contributed by atoms with Crippen LogP contribution in [0.25, 0.3) is 0 Å². The molecule has 0 aliphatic carbocycles. The smallest absolute Gasteiger partial charge is 0.870 e. The summed E-state index contributed by atoms with van der Waals surface area (Å²) in [6.07, 6.45) is 0.388. The zero-order chi connectivity index (χ0) is 8.69. The molecule has 0 rings (SSSR count). The molecule has 0 amide bonds. The second-order valence-electron chi connectivity index (χ2n) is 2.04. The van der Waals surface area contributed by atoms with Crippen LogP contribution in [0.2, 0.25) is 10.5 Å². The van der Waals surface area contributed by atoms with Gasteiger partial charge >= 0.3 is 70.5 Å². The standard InChI is InChI=1S/C6H10GeO4.H2O/c8-5(9)1-3-7-4-2-6(10)11;/h1-4H2,(H,8,9)(H,10,11);1H2/q+1;/p-1. The van der Waals surface area contributed by atoms with E-state index in [9.17, 15) is 9.59 Å². The molecule has 5 nitrogen and oxygen atoms in total. The molecule has 0 saturated heterocycles. The molecule has 0 aliphatic rings. The van der Waals surface area contributed by atoms with Crippen LogP contribution in [0.15, 0.2) is 0 Å². The number of rotatable bonds is 6. The summed E-state index contributed by atoms with van der Waals surface area (Å²) in [5.41, 5.74) is 0. The van der Waals surface area contributed by atoms with Crippen LogP contribution in [0.4, 0.5) is 0 Å². The first kappa shape index (κ1) is 14.0. The molecule has 0 aromatic carbocycles. The first-order valence-corrected chi connectivity index (χ1v) is 6.24. The van der Waals surface area contributed by atoms with E-state index in [0.29, 0.717) is 10.5 Å². The van der Waals surface area contributed by atoms with Crippen LogP contribution >= 0.6 is 0 Å². The van der Waals surface area contributed by atoms with Gasteiger partial charge in [-0.25, -0.2) is 0 Å². The zero-order valence-corrected chi connectivity index (χ0v) is 8.58. The van der Waals surface area contributed by atoms with Gasteiger partial charge in [-0.3, -0.25) is 0 Å². The number of aliphatic carboxylic acids is 2. The normalized spacial score (nSPS) is 8.33.